The van der Waals surface area contributed by atoms with Crippen LogP contribution in [0.3, 0.4) is 0 Å². The van der Waals surface area contributed by atoms with Crippen LogP contribution in [0, 0.1) is 11.6 Å². The number of nitrogens with zero attached hydrogens (tertiary/aromatic N) is 3. The van der Waals surface area contributed by atoms with E-state index in [0.717, 1.165) is 24.0 Å². The van der Waals surface area contributed by atoms with Crippen molar-refractivity contribution in [2.75, 3.05) is 11.9 Å². The Bertz CT molecular complexity index is 998. The van der Waals surface area contributed by atoms with E-state index >= 15 is 0 Å². The van der Waals surface area contributed by atoms with Crippen molar-refractivity contribution in [3.8, 4) is 0 Å². The quantitative estimate of drug-likeness (QED) is 0.445. The Morgan fingerprint density at radius 2 is 2.15 bits per heavy atom. The predicted molar refractivity (Wildman–Crippen MR) is 94.0 cm³/mol. The number of anilines is 1. The number of nitrogens with one attached hydrogen (secondary N) is 2. The van der Waals surface area contributed by atoms with Gasteiger partial charge in [0.05, 0.1) is 12.8 Å². The highest BCUT2D eigenvalue weighted by Crippen LogP contribution is 2.25. The Morgan fingerprint density at radius 3 is 2.92 bits per heavy atom. The molecule has 0 spiro atoms. The molecular weight excluding hydrogens is 364 g/mol. The maximum Gasteiger partial charge on any atom is 0.268 e. The zero-order valence-corrected chi connectivity index (χ0v) is 14.5. The van der Waals surface area contributed by atoms with Crippen LogP contribution in [0.5, 0.6) is 0 Å². The molecule has 0 saturated carbocycles. The molecule has 0 fully saturated rings. The standard InChI is InChI=1S/C16H15F2N5O2S/c1-8(6-24)20-14-13-15(21-11(25)5-19-13)23-16(22-14)26-7-9-3-2-4-10(17)12(9)18/h2-5,8,24H,6-7H2,1H3,(H2,20,21,22,23,25). The summed E-state index contributed by atoms with van der Waals surface area (Å²) in [5.41, 5.74) is 0.301. The van der Waals surface area contributed by atoms with Gasteiger partial charge in [-0.05, 0) is 13.0 Å². The summed E-state index contributed by atoms with van der Waals surface area (Å²) in [6, 6.07) is 3.64. The molecule has 0 aliphatic heterocycles. The molecule has 10 heteroatoms. The number of aromatic nitrogens is 4. The molecule has 1 atom stereocenters. The number of halogens is 2. The van der Waals surface area contributed by atoms with Crippen LogP contribution in [0.1, 0.15) is 12.5 Å². The number of fused-ring (bicyclic) bond motifs is 1. The van der Waals surface area contributed by atoms with Crippen LogP contribution < -0.4 is 10.9 Å². The first-order valence-corrected chi connectivity index (χ1v) is 8.66. The van der Waals surface area contributed by atoms with Gasteiger partial charge < -0.3 is 15.4 Å². The third-order valence-electron chi connectivity index (χ3n) is 3.46. The zero-order valence-electron chi connectivity index (χ0n) is 13.7. The van der Waals surface area contributed by atoms with Crippen LogP contribution in [0.4, 0.5) is 14.6 Å². The second-order valence-corrected chi connectivity index (χ2v) is 6.47. The smallest absolute Gasteiger partial charge is 0.268 e. The van der Waals surface area contributed by atoms with E-state index in [4.69, 9.17) is 0 Å². The van der Waals surface area contributed by atoms with Crippen molar-refractivity contribution in [2.24, 2.45) is 0 Å². The summed E-state index contributed by atoms with van der Waals surface area (Å²) in [6.45, 7) is 1.61. The van der Waals surface area contributed by atoms with Crippen molar-refractivity contribution >= 4 is 28.7 Å². The molecule has 2 heterocycles. The molecule has 136 valence electrons. The van der Waals surface area contributed by atoms with Gasteiger partial charge in [-0.1, -0.05) is 23.9 Å². The minimum Gasteiger partial charge on any atom is -0.394 e. The fourth-order valence-electron chi connectivity index (χ4n) is 2.16. The van der Waals surface area contributed by atoms with Crippen LogP contribution in [0.15, 0.2) is 34.3 Å². The van der Waals surface area contributed by atoms with E-state index < -0.39 is 17.2 Å². The highest BCUT2D eigenvalue weighted by Gasteiger charge is 2.14. The molecule has 3 aromatic rings. The fourth-order valence-corrected chi connectivity index (χ4v) is 2.98. The molecule has 1 unspecified atom stereocenters. The second kappa shape index (κ2) is 7.75. The lowest BCUT2D eigenvalue weighted by Crippen LogP contribution is -2.21. The number of aliphatic hydroxyl groups excluding tert-OH is 1. The van der Waals surface area contributed by atoms with Crippen LogP contribution >= 0.6 is 11.8 Å². The highest BCUT2D eigenvalue weighted by atomic mass is 32.2. The van der Waals surface area contributed by atoms with Crippen molar-refractivity contribution in [3.63, 3.8) is 0 Å². The number of H-pyrrole nitrogens is 1. The lowest BCUT2D eigenvalue weighted by atomic mass is 10.2. The molecule has 7 nitrogen and oxygen atoms in total. The van der Waals surface area contributed by atoms with E-state index in [1.807, 2.05) is 0 Å². The Hall–Kier alpha value is -2.59. The number of thioether (sulfide) groups is 1. The molecule has 26 heavy (non-hydrogen) atoms. The number of aliphatic hydroxyl groups is 1. The number of aromatic amines is 1. The van der Waals surface area contributed by atoms with Gasteiger partial charge in [-0.3, -0.25) is 4.79 Å². The molecule has 0 aliphatic carbocycles. The van der Waals surface area contributed by atoms with Crippen molar-refractivity contribution in [1.29, 1.82) is 0 Å². The summed E-state index contributed by atoms with van der Waals surface area (Å²) < 4.78 is 27.1. The molecule has 0 amide bonds. The van der Waals surface area contributed by atoms with Crippen LogP contribution in [-0.4, -0.2) is 37.7 Å². The SMILES string of the molecule is CC(CO)Nc1nc(SCc2cccc(F)c2F)nc2[nH]c(=O)cnc12. The molecule has 0 bridgehead atoms. The van der Waals surface area contributed by atoms with Gasteiger partial charge in [-0.15, -0.1) is 0 Å². The number of benzene rings is 1. The fraction of sp³-hybridized carbons (Fsp3) is 0.250. The Morgan fingerprint density at radius 1 is 1.35 bits per heavy atom. The van der Waals surface area contributed by atoms with Gasteiger partial charge in [0, 0.05) is 17.4 Å². The minimum atomic E-state index is -0.921. The van der Waals surface area contributed by atoms with Gasteiger partial charge in [0.1, 0.15) is 5.52 Å². The van der Waals surface area contributed by atoms with Gasteiger partial charge in [0.2, 0.25) is 0 Å². The third kappa shape index (κ3) is 3.97. The number of hydrogen-bond acceptors (Lipinski definition) is 7. The number of rotatable bonds is 6. The average Bonchev–Trinajstić information content (AvgIpc) is 2.62. The predicted octanol–water partition coefficient (Wildman–Crippen LogP) is 2.08. The van der Waals surface area contributed by atoms with Gasteiger partial charge in [-0.2, -0.15) is 0 Å². The van der Waals surface area contributed by atoms with Gasteiger partial charge in [-0.25, -0.2) is 23.7 Å². The maximum atomic E-state index is 13.8. The topological polar surface area (TPSA) is 104 Å². The normalized spacial score (nSPS) is 12.3. The van der Waals surface area contributed by atoms with E-state index in [2.05, 4.69) is 25.3 Å². The summed E-state index contributed by atoms with van der Waals surface area (Å²) in [7, 11) is 0. The van der Waals surface area contributed by atoms with Crippen LogP contribution in [0.25, 0.3) is 11.2 Å². The summed E-state index contributed by atoms with van der Waals surface area (Å²) >= 11 is 1.08. The monoisotopic (exact) mass is 379 g/mol. The number of hydrogen-bond donors (Lipinski definition) is 3. The summed E-state index contributed by atoms with van der Waals surface area (Å²) in [5.74, 6) is -1.40. The first-order chi connectivity index (χ1) is 12.5. The lowest BCUT2D eigenvalue weighted by molar-refractivity contribution is 0.281. The van der Waals surface area contributed by atoms with E-state index in [0.29, 0.717) is 11.3 Å². The Labute approximate surface area is 150 Å². The molecular formula is C16H15F2N5O2S. The molecule has 2 aromatic heterocycles. The van der Waals surface area contributed by atoms with Gasteiger partial charge >= 0.3 is 0 Å². The lowest BCUT2D eigenvalue weighted by Gasteiger charge is -2.13. The van der Waals surface area contributed by atoms with Gasteiger partial charge in [0.25, 0.3) is 5.56 Å². The Balaban J connectivity index is 1.94. The van der Waals surface area contributed by atoms with E-state index in [1.54, 1.807) is 6.92 Å². The van der Waals surface area contributed by atoms with E-state index in [9.17, 15) is 18.7 Å². The third-order valence-corrected chi connectivity index (χ3v) is 4.36. The van der Waals surface area contributed by atoms with Crippen LogP contribution in [0.2, 0.25) is 0 Å². The minimum absolute atomic E-state index is 0.106. The molecule has 1 aromatic carbocycles. The van der Waals surface area contributed by atoms with Crippen molar-refractivity contribution in [1.82, 2.24) is 19.9 Å². The summed E-state index contributed by atoms with van der Waals surface area (Å²) in [6.07, 6.45) is 1.11. The first kappa shape index (κ1) is 18.2. The molecule has 3 rings (SSSR count). The van der Waals surface area contributed by atoms with Crippen molar-refractivity contribution in [3.05, 3.63) is 51.9 Å². The largest absolute Gasteiger partial charge is 0.394 e. The van der Waals surface area contributed by atoms with E-state index in [-0.39, 0.29) is 34.8 Å². The van der Waals surface area contributed by atoms with Crippen LogP contribution in [-0.2, 0) is 5.75 Å². The zero-order chi connectivity index (χ0) is 18.7. The molecule has 0 aliphatic rings. The Kier molecular flexibility index (Phi) is 5.43. The highest BCUT2D eigenvalue weighted by molar-refractivity contribution is 7.98. The van der Waals surface area contributed by atoms with Gasteiger partial charge in [0.15, 0.2) is 28.3 Å². The summed E-state index contributed by atoms with van der Waals surface area (Å²) in [4.78, 5) is 26.6. The maximum absolute atomic E-state index is 13.8. The first-order valence-electron chi connectivity index (χ1n) is 7.68. The molecule has 0 radical (unpaired) electrons. The molecule has 0 saturated heterocycles. The van der Waals surface area contributed by atoms with E-state index in [1.165, 1.54) is 12.1 Å². The second-order valence-electron chi connectivity index (χ2n) is 5.53. The van der Waals surface area contributed by atoms with Crippen molar-refractivity contribution in [2.45, 2.75) is 23.9 Å². The summed E-state index contributed by atoms with van der Waals surface area (Å²) in [5, 5.41) is 12.5. The molecule has 3 N–H and O–H groups in total. The average molecular weight is 379 g/mol. The van der Waals surface area contributed by atoms with Crippen molar-refractivity contribution < 1.29 is 13.9 Å².